The van der Waals surface area contributed by atoms with Gasteiger partial charge in [-0.25, -0.2) is 17.4 Å². The lowest BCUT2D eigenvalue weighted by Gasteiger charge is -2.19. The normalized spacial score (nSPS) is 13.4. The van der Waals surface area contributed by atoms with Crippen LogP contribution in [0.4, 0.5) is 4.39 Å². The molecule has 0 spiro atoms. The van der Waals surface area contributed by atoms with Gasteiger partial charge in [0, 0.05) is 33.3 Å². The maximum atomic E-state index is 14.0. The van der Waals surface area contributed by atoms with E-state index in [1.54, 1.807) is 19.9 Å². The highest BCUT2D eigenvalue weighted by Gasteiger charge is 2.29. The van der Waals surface area contributed by atoms with Gasteiger partial charge in [0.2, 0.25) is 0 Å². The molecule has 0 aliphatic rings. The minimum Gasteiger partial charge on any atom is -0.504 e. The van der Waals surface area contributed by atoms with E-state index >= 15 is 0 Å². The molecule has 1 aromatic heterocycles. The average molecular weight is 859 g/mol. The van der Waals surface area contributed by atoms with E-state index in [1.807, 2.05) is 0 Å². The zero-order valence-corrected chi connectivity index (χ0v) is 33.2. The van der Waals surface area contributed by atoms with Gasteiger partial charge in [0.1, 0.15) is 41.3 Å². The number of hydrogen-bond acceptors (Lipinski definition) is 14. The average Bonchev–Trinajstić information content (AvgIpc) is 3.49. The Morgan fingerprint density at radius 1 is 0.845 bits per heavy atom. The Balaban J connectivity index is 1.36. The van der Waals surface area contributed by atoms with Gasteiger partial charge < -0.3 is 50.0 Å². The van der Waals surface area contributed by atoms with Crippen LogP contribution >= 0.6 is 18.9 Å². The maximum Gasteiger partial charge on any atom is 0.391 e. The van der Waals surface area contributed by atoms with Crippen LogP contribution in [0.15, 0.2) is 70.9 Å². The van der Waals surface area contributed by atoms with Crippen molar-refractivity contribution in [1.82, 2.24) is 15.4 Å². The first-order valence-corrected chi connectivity index (χ1v) is 21.0. The van der Waals surface area contributed by atoms with Crippen LogP contribution in [0.3, 0.4) is 0 Å². The monoisotopic (exact) mass is 858 g/mol. The number of hydrogen-bond donors (Lipinski definition) is 8. The lowest BCUT2D eigenvalue weighted by molar-refractivity contribution is 0.0913. The van der Waals surface area contributed by atoms with Crippen LogP contribution in [0.5, 0.6) is 40.2 Å². The van der Waals surface area contributed by atoms with Gasteiger partial charge in [0.05, 0.1) is 17.6 Å². The van der Waals surface area contributed by atoms with Gasteiger partial charge in [0.25, 0.3) is 21.8 Å². The summed E-state index contributed by atoms with van der Waals surface area (Å²) in [5, 5.41) is 53.4. The smallest absolute Gasteiger partial charge is 0.391 e. The van der Waals surface area contributed by atoms with Crippen molar-refractivity contribution in [2.75, 3.05) is 19.5 Å². The number of rotatable bonds is 16. The summed E-state index contributed by atoms with van der Waals surface area (Å²) in [4.78, 5) is 35.9. The number of phenols is 4. The molecule has 21 heteroatoms. The molecule has 0 fully saturated rings. The van der Waals surface area contributed by atoms with E-state index in [-0.39, 0.29) is 51.2 Å². The molecule has 58 heavy (non-hydrogen) atoms. The molecule has 3 atom stereocenters. The topological polar surface area (TPSA) is 274 Å². The van der Waals surface area contributed by atoms with Gasteiger partial charge in [-0.2, -0.15) is 9.98 Å². The van der Waals surface area contributed by atoms with Crippen LogP contribution in [-0.4, -0.2) is 77.1 Å². The Kier molecular flexibility index (Phi) is 13.0. The summed E-state index contributed by atoms with van der Waals surface area (Å²) in [6, 6.07) is 13.3. The Bertz CT molecular complexity index is 2600. The number of carbonyl (C=O) groups excluding carboxylic acids is 2. The molecular weight excluding hydrogens is 823 g/mol. The number of nitrogens with one attached hydrogen (secondary N) is 3. The molecule has 0 aliphatic carbocycles. The third-order valence-corrected chi connectivity index (χ3v) is 12.7. The lowest BCUT2D eigenvalue weighted by Crippen LogP contribution is -2.37. The fourth-order valence-corrected chi connectivity index (χ4v) is 9.54. The highest BCUT2D eigenvalue weighted by atomic mass is 32.2. The molecule has 2 amide bonds. The second-order valence-electron chi connectivity index (χ2n) is 12.9. The lowest BCUT2D eigenvalue weighted by atomic mass is 10.1. The first kappa shape index (κ1) is 43.0. The number of nitriles is 1. The van der Waals surface area contributed by atoms with Gasteiger partial charge in [-0.15, -0.1) is 11.3 Å². The summed E-state index contributed by atoms with van der Waals surface area (Å²) >= 11 is 0.804. The molecule has 306 valence electrons. The van der Waals surface area contributed by atoms with Gasteiger partial charge in [-0.05, 0) is 80.9 Å². The summed E-state index contributed by atoms with van der Waals surface area (Å²) in [7, 11) is -9.20. The van der Waals surface area contributed by atoms with Crippen molar-refractivity contribution in [2.24, 2.45) is 0 Å². The van der Waals surface area contributed by atoms with Gasteiger partial charge >= 0.3 is 7.60 Å². The van der Waals surface area contributed by atoms with E-state index < -0.39 is 82.4 Å². The number of aromatic hydroxyl groups is 4. The van der Waals surface area contributed by atoms with E-state index in [0.717, 1.165) is 53.8 Å². The van der Waals surface area contributed by atoms with Crippen LogP contribution in [0.25, 0.3) is 10.1 Å². The predicted octanol–water partition coefficient (Wildman–Crippen LogP) is 4.94. The van der Waals surface area contributed by atoms with Crippen LogP contribution in [0.2, 0.25) is 0 Å². The number of thiophene rings is 1. The third-order valence-electron chi connectivity index (χ3n) is 8.17. The Morgan fingerprint density at radius 2 is 1.38 bits per heavy atom. The number of aryl methyl sites for hydroxylation is 1. The van der Waals surface area contributed by atoms with Gasteiger partial charge in [-0.1, -0.05) is 0 Å². The van der Waals surface area contributed by atoms with Crippen molar-refractivity contribution in [3.63, 3.8) is 0 Å². The molecule has 0 saturated heterocycles. The molecule has 0 radical (unpaired) electrons. The van der Waals surface area contributed by atoms with Crippen molar-refractivity contribution in [3.8, 4) is 46.3 Å². The van der Waals surface area contributed by atoms with E-state index in [0.29, 0.717) is 10.1 Å². The number of sulfonamides is 1. The first-order chi connectivity index (χ1) is 27.3. The Hall–Kier alpha value is -6.10. The standard InChI is InChI=1S/C37H36FN4O13PS2/c1-19(41-35(47)22-5-8-28(43)30(45)10-22)16-53-32-13-26-21(3)37(58(51,52)40-18-56(49,50)55-25-7-4-24(15-39)27(38)12-25)57-34(26)14-33(32)54-17-20(2)42-36(48)23-6-9-29(44)31(46)11-23/h4-14,19-20,40,43-46H,16-18H2,1-3H3,(H,41,47)(H,42,48)(H,49,50). The van der Waals surface area contributed by atoms with Crippen molar-refractivity contribution in [1.29, 1.82) is 5.26 Å². The fourth-order valence-electron chi connectivity index (χ4n) is 5.22. The number of fused-ring (bicyclic) bond motifs is 1. The number of phenolic OH excluding ortho intramolecular Hbond substituents is 4. The number of benzene rings is 4. The van der Waals surface area contributed by atoms with Crippen molar-refractivity contribution in [3.05, 3.63) is 94.8 Å². The number of halogens is 1. The molecule has 0 bridgehead atoms. The molecule has 4 aromatic carbocycles. The number of amides is 2. The summed E-state index contributed by atoms with van der Waals surface area (Å²) in [5.74, 6) is -4.12. The van der Waals surface area contributed by atoms with Crippen molar-refractivity contribution >= 4 is 50.9 Å². The fraction of sp³-hybridized carbons (Fsp3) is 0.216. The molecular formula is C37H36FN4O13PS2. The van der Waals surface area contributed by atoms with E-state index in [2.05, 4.69) is 15.4 Å². The quantitative estimate of drug-likeness (QED) is 0.0483. The molecule has 0 aliphatic heterocycles. The highest BCUT2D eigenvalue weighted by Crippen LogP contribution is 2.44. The molecule has 5 rings (SSSR count). The minimum atomic E-state index is -4.73. The second-order valence-corrected chi connectivity index (χ2v) is 17.7. The zero-order chi connectivity index (χ0) is 42.5. The third kappa shape index (κ3) is 10.4. The number of ether oxygens (including phenoxy) is 2. The molecule has 3 unspecified atom stereocenters. The second kappa shape index (κ2) is 17.6. The van der Waals surface area contributed by atoms with Crippen LogP contribution < -0.4 is 29.4 Å². The van der Waals surface area contributed by atoms with Gasteiger partial charge in [-0.3, -0.25) is 9.59 Å². The molecule has 17 nitrogen and oxygen atoms in total. The van der Waals surface area contributed by atoms with Gasteiger partial charge in [0.15, 0.2) is 34.5 Å². The van der Waals surface area contributed by atoms with Crippen LogP contribution in [0.1, 0.15) is 45.7 Å². The first-order valence-electron chi connectivity index (χ1n) is 17.0. The molecule has 8 N–H and O–H groups in total. The number of nitrogens with zero attached hydrogens (tertiary/aromatic N) is 1. The summed E-state index contributed by atoms with van der Waals surface area (Å²) < 4.78 is 73.0. The molecule has 5 aromatic rings. The zero-order valence-electron chi connectivity index (χ0n) is 30.7. The molecule has 1 heterocycles. The van der Waals surface area contributed by atoms with E-state index in [1.165, 1.54) is 31.2 Å². The Labute approximate surface area is 334 Å². The SMILES string of the molecule is Cc1c(S(=O)(=O)NCP(=O)(O)Oc2ccc(C#N)c(F)c2)sc2cc(OCC(C)NC(=O)c3ccc(O)c(O)c3)c(OCC(C)NC(=O)c3ccc(O)c(O)c3)cc12. The number of carbonyl (C=O) groups is 2. The van der Waals surface area contributed by atoms with E-state index in [9.17, 15) is 52.3 Å². The predicted molar refractivity (Wildman–Crippen MR) is 208 cm³/mol. The van der Waals surface area contributed by atoms with Crippen molar-refractivity contribution in [2.45, 2.75) is 37.1 Å². The highest BCUT2D eigenvalue weighted by molar-refractivity contribution is 7.92. The summed E-state index contributed by atoms with van der Waals surface area (Å²) in [6.07, 6.45) is -1.09. The van der Waals surface area contributed by atoms with Crippen LogP contribution in [0, 0.1) is 24.1 Å². The minimum absolute atomic E-state index is 0.0645. The summed E-state index contributed by atoms with van der Waals surface area (Å²) in [6.45, 7) is 4.48. The van der Waals surface area contributed by atoms with Crippen LogP contribution in [-0.2, 0) is 14.6 Å². The van der Waals surface area contributed by atoms with E-state index in [4.69, 9.17) is 19.3 Å². The van der Waals surface area contributed by atoms with Crippen molar-refractivity contribution < 1.29 is 66.3 Å². The maximum absolute atomic E-state index is 14.0. The molecule has 0 saturated carbocycles. The summed E-state index contributed by atoms with van der Waals surface area (Å²) in [5.41, 5.74) is 0.0354. The largest absolute Gasteiger partial charge is 0.504 e. The Morgan fingerprint density at radius 3 is 1.88 bits per heavy atom.